The third-order valence-electron chi connectivity index (χ3n) is 3.22. The summed E-state index contributed by atoms with van der Waals surface area (Å²) in [6.45, 7) is 2.71. The first-order chi connectivity index (χ1) is 11.7. The van der Waals surface area contributed by atoms with Gasteiger partial charge in [-0.25, -0.2) is 9.48 Å². The van der Waals surface area contributed by atoms with Crippen molar-refractivity contribution in [3.05, 3.63) is 35.7 Å². The lowest BCUT2D eigenvalue weighted by Gasteiger charge is -2.09. The zero-order chi connectivity index (χ0) is 17.4. The van der Waals surface area contributed by atoms with Crippen LogP contribution < -0.4 is 9.47 Å². The Balaban J connectivity index is 1.99. The van der Waals surface area contributed by atoms with E-state index in [2.05, 4.69) is 15.5 Å². The molecule has 0 aliphatic carbocycles. The first-order valence-corrected chi connectivity index (χ1v) is 7.50. The number of aryl methyl sites for hydroxylation is 1. The van der Waals surface area contributed by atoms with E-state index in [1.165, 1.54) is 6.08 Å². The van der Waals surface area contributed by atoms with Gasteiger partial charge in [0.1, 0.15) is 0 Å². The molecule has 0 unspecified atom stereocenters. The Bertz CT molecular complexity index is 712. The average Bonchev–Trinajstić information content (AvgIpc) is 3.05. The summed E-state index contributed by atoms with van der Waals surface area (Å²) < 4.78 is 17.3. The number of tetrazole rings is 1. The van der Waals surface area contributed by atoms with Crippen LogP contribution in [-0.4, -0.2) is 40.4 Å². The van der Waals surface area contributed by atoms with Crippen LogP contribution in [0.2, 0.25) is 0 Å². The summed E-state index contributed by atoms with van der Waals surface area (Å²) in [6.07, 6.45) is 3.82. The summed E-state index contributed by atoms with van der Waals surface area (Å²) >= 11 is 0. The molecule has 2 rings (SSSR count). The number of rotatable bonds is 8. The number of ether oxygens (including phenoxy) is 3. The lowest BCUT2D eigenvalue weighted by molar-refractivity contribution is -0.139. The summed E-state index contributed by atoms with van der Waals surface area (Å²) in [5.41, 5.74) is 0.713. The van der Waals surface area contributed by atoms with Crippen LogP contribution in [0.1, 0.15) is 24.7 Å². The van der Waals surface area contributed by atoms with Gasteiger partial charge < -0.3 is 14.2 Å². The van der Waals surface area contributed by atoms with Crippen molar-refractivity contribution in [2.45, 2.75) is 26.5 Å². The smallest absolute Gasteiger partial charge is 0.331 e. The molecule has 8 heteroatoms. The standard InChI is InChI=1S/C16H20N4O4/c1-4-10-20-14(17-18-19-20)11-24-15(21)9-8-12-6-5-7-13(22-2)16(12)23-3/h5-9H,4,10-11H2,1-3H3/b9-8+. The number of nitrogens with zero attached hydrogens (tertiary/aromatic N) is 4. The molecule has 0 bridgehead atoms. The van der Waals surface area contributed by atoms with Gasteiger partial charge in [-0.15, -0.1) is 5.10 Å². The van der Waals surface area contributed by atoms with Crippen molar-refractivity contribution in [1.82, 2.24) is 20.2 Å². The molecule has 1 aromatic heterocycles. The maximum Gasteiger partial charge on any atom is 0.331 e. The van der Waals surface area contributed by atoms with Gasteiger partial charge in [-0.1, -0.05) is 19.1 Å². The molecule has 0 aliphatic rings. The molecule has 8 nitrogen and oxygen atoms in total. The van der Waals surface area contributed by atoms with Crippen LogP contribution in [0.4, 0.5) is 0 Å². The molecule has 0 fully saturated rings. The molecule has 0 saturated heterocycles. The molecule has 24 heavy (non-hydrogen) atoms. The van der Waals surface area contributed by atoms with Crippen LogP contribution in [0.3, 0.4) is 0 Å². The van der Waals surface area contributed by atoms with Crippen LogP contribution in [0.25, 0.3) is 6.08 Å². The van der Waals surface area contributed by atoms with Gasteiger partial charge in [-0.2, -0.15) is 0 Å². The van der Waals surface area contributed by atoms with Gasteiger partial charge in [0.25, 0.3) is 0 Å². The van der Waals surface area contributed by atoms with Crippen LogP contribution >= 0.6 is 0 Å². The molecule has 2 aromatic rings. The van der Waals surface area contributed by atoms with Crippen LogP contribution in [0, 0.1) is 0 Å². The first kappa shape index (κ1) is 17.5. The van der Waals surface area contributed by atoms with E-state index >= 15 is 0 Å². The van der Waals surface area contributed by atoms with Gasteiger partial charge in [0.05, 0.1) is 14.2 Å². The monoisotopic (exact) mass is 332 g/mol. The Kier molecular flexibility index (Phi) is 6.30. The third kappa shape index (κ3) is 4.31. The van der Waals surface area contributed by atoms with E-state index in [-0.39, 0.29) is 6.61 Å². The minimum atomic E-state index is -0.495. The molecule has 0 amide bonds. The Morgan fingerprint density at radius 1 is 1.29 bits per heavy atom. The van der Waals surface area contributed by atoms with Gasteiger partial charge in [0.15, 0.2) is 23.9 Å². The lowest BCUT2D eigenvalue weighted by atomic mass is 10.1. The lowest BCUT2D eigenvalue weighted by Crippen LogP contribution is -2.09. The third-order valence-corrected chi connectivity index (χ3v) is 3.22. The Morgan fingerprint density at radius 2 is 2.12 bits per heavy atom. The topological polar surface area (TPSA) is 88.4 Å². The second-order valence-electron chi connectivity index (χ2n) is 4.84. The number of hydrogen-bond acceptors (Lipinski definition) is 7. The fourth-order valence-corrected chi connectivity index (χ4v) is 2.10. The second kappa shape index (κ2) is 8.66. The van der Waals surface area contributed by atoms with Crippen LogP contribution in [0.15, 0.2) is 24.3 Å². The molecule has 0 saturated carbocycles. The fraction of sp³-hybridized carbons (Fsp3) is 0.375. The van der Waals surface area contributed by atoms with Crippen LogP contribution in [0.5, 0.6) is 11.5 Å². The normalized spacial score (nSPS) is 10.8. The van der Waals surface area contributed by atoms with Crippen molar-refractivity contribution in [1.29, 1.82) is 0 Å². The number of hydrogen-bond donors (Lipinski definition) is 0. The Morgan fingerprint density at radius 3 is 2.83 bits per heavy atom. The highest BCUT2D eigenvalue weighted by Gasteiger charge is 2.09. The SMILES string of the molecule is CCCn1nnnc1COC(=O)/C=C/c1cccc(OC)c1OC. The van der Waals surface area contributed by atoms with E-state index in [1.807, 2.05) is 19.1 Å². The number of methoxy groups -OCH3 is 2. The van der Waals surface area contributed by atoms with Crippen LogP contribution in [-0.2, 0) is 22.7 Å². The average molecular weight is 332 g/mol. The maximum atomic E-state index is 11.9. The number of carbonyl (C=O) groups excluding carboxylic acids is 1. The van der Waals surface area contributed by atoms with Gasteiger partial charge >= 0.3 is 5.97 Å². The predicted molar refractivity (Wildman–Crippen MR) is 86.5 cm³/mol. The summed E-state index contributed by atoms with van der Waals surface area (Å²) in [5.74, 6) is 1.16. The zero-order valence-electron chi connectivity index (χ0n) is 13.9. The van der Waals surface area contributed by atoms with E-state index in [0.717, 1.165) is 6.42 Å². The van der Waals surface area contributed by atoms with Gasteiger partial charge in [0.2, 0.25) is 0 Å². The maximum absolute atomic E-state index is 11.9. The van der Waals surface area contributed by atoms with E-state index in [4.69, 9.17) is 14.2 Å². The molecule has 0 aliphatic heterocycles. The molecule has 128 valence electrons. The molecular formula is C16H20N4O4. The molecule has 0 spiro atoms. The van der Waals surface area contributed by atoms with Crippen molar-refractivity contribution in [3.8, 4) is 11.5 Å². The molecule has 0 N–H and O–H groups in total. The van der Waals surface area contributed by atoms with E-state index in [0.29, 0.717) is 29.4 Å². The van der Waals surface area contributed by atoms with Gasteiger partial charge in [-0.3, -0.25) is 0 Å². The molecular weight excluding hydrogens is 312 g/mol. The van der Waals surface area contributed by atoms with Crippen molar-refractivity contribution in [2.75, 3.05) is 14.2 Å². The highest BCUT2D eigenvalue weighted by atomic mass is 16.5. The summed E-state index contributed by atoms with van der Waals surface area (Å²) in [7, 11) is 3.10. The number of esters is 1. The van der Waals surface area contributed by atoms with E-state index < -0.39 is 5.97 Å². The Labute approximate surface area is 140 Å². The number of benzene rings is 1. The second-order valence-corrected chi connectivity index (χ2v) is 4.84. The van der Waals surface area contributed by atoms with E-state index in [1.54, 1.807) is 31.0 Å². The van der Waals surface area contributed by atoms with Gasteiger partial charge in [0, 0.05) is 18.2 Å². The summed E-state index contributed by atoms with van der Waals surface area (Å²) in [5, 5.41) is 11.3. The minimum Gasteiger partial charge on any atom is -0.493 e. The Hall–Kier alpha value is -2.90. The van der Waals surface area contributed by atoms with Crippen molar-refractivity contribution >= 4 is 12.0 Å². The summed E-state index contributed by atoms with van der Waals surface area (Å²) in [6, 6.07) is 5.40. The number of aromatic nitrogens is 4. The minimum absolute atomic E-state index is 0.0193. The van der Waals surface area contributed by atoms with Crippen molar-refractivity contribution < 1.29 is 19.0 Å². The highest BCUT2D eigenvalue weighted by molar-refractivity contribution is 5.87. The van der Waals surface area contributed by atoms with Gasteiger partial charge in [-0.05, 0) is 29.0 Å². The number of carbonyl (C=O) groups is 1. The molecule has 1 heterocycles. The first-order valence-electron chi connectivity index (χ1n) is 7.50. The molecule has 0 radical (unpaired) electrons. The summed E-state index contributed by atoms with van der Waals surface area (Å²) in [4.78, 5) is 11.9. The van der Waals surface area contributed by atoms with Crippen molar-refractivity contribution in [3.63, 3.8) is 0 Å². The molecule has 0 atom stereocenters. The quantitative estimate of drug-likeness (QED) is 0.538. The van der Waals surface area contributed by atoms with E-state index in [9.17, 15) is 4.79 Å². The zero-order valence-corrected chi connectivity index (χ0v) is 13.9. The predicted octanol–water partition coefficient (Wildman–Crippen LogP) is 1.86. The largest absolute Gasteiger partial charge is 0.493 e. The molecule has 1 aromatic carbocycles. The highest BCUT2D eigenvalue weighted by Crippen LogP contribution is 2.31. The fourth-order valence-electron chi connectivity index (χ4n) is 2.10. The van der Waals surface area contributed by atoms with Crippen molar-refractivity contribution in [2.24, 2.45) is 0 Å². The number of para-hydroxylation sites is 1.